The number of hydrogen-bond donors (Lipinski definition) is 2. The number of para-hydroxylation sites is 1. The molecular formula is C26H27FN4O2. The second kappa shape index (κ2) is 8.48. The lowest BCUT2D eigenvalue weighted by Crippen LogP contribution is -2.45. The number of methoxy groups -OCH3 is 1. The molecule has 33 heavy (non-hydrogen) atoms. The van der Waals surface area contributed by atoms with Crippen LogP contribution in [0, 0.1) is 5.82 Å². The molecular weight excluding hydrogens is 419 g/mol. The number of aromatic nitrogens is 2. The van der Waals surface area contributed by atoms with Crippen molar-refractivity contribution in [1.82, 2.24) is 20.2 Å². The van der Waals surface area contributed by atoms with Gasteiger partial charge in [-0.2, -0.15) is 0 Å². The van der Waals surface area contributed by atoms with Crippen molar-refractivity contribution in [2.24, 2.45) is 0 Å². The predicted octanol–water partition coefficient (Wildman–Crippen LogP) is 3.95. The van der Waals surface area contributed by atoms with Gasteiger partial charge in [-0.1, -0.05) is 24.3 Å². The van der Waals surface area contributed by atoms with Gasteiger partial charge in [0.15, 0.2) is 11.6 Å². The highest BCUT2D eigenvalue weighted by molar-refractivity contribution is 6.10. The number of H-pyrrole nitrogens is 1. The van der Waals surface area contributed by atoms with Gasteiger partial charge in [-0.25, -0.2) is 4.39 Å². The zero-order chi connectivity index (χ0) is 23.1. The zero-order valence-corrected chi connectivity index (χ0v) is 19.0. The summed E-state index contributed by atoms with van der Waals surface area (Å²) in [6.45, 7) is 3.01. The van der Waals surface area contributed by atoms with Crippen molar-refractivity contribution in [1.29, 1.82) is 0 Å². The van der Waals surface area contributed by atoms with Gasteiger partial charge in [0.1, 0.15) is 0 Å². The monoisotopic (exact) mass is 446 g/mol. The number of hydrogen-bond acceptors (Lipinski definition) is 4. The van der Waals surface area contributed by atoms with Gasteiger partial charge in [0, 0.05) is 29.3 Å². The van der Waals surface area contributed by atoms with Crippen molar-refractivity contribution < 1.29 is 13.9 Å². The van der Waals surface area contributed by atoms with Crippen LogP contribution >= 0.6 is 0 Å². The summed E-state index contributed by atoms with van der Waals surface area (Å²) in [6.07, 6.45) is 1.22. The first-order valence-corrected chi connectivity index (χ1v) is 11.2. The van der Waals surface area contributed by atoms with E-state index in [4.69, 9.17) is 9.72 Å². The minimum Gasteiger partial charge on any atom is -0.494 e. The molecule has 7 heteroatoms. The first-order chi connectivity index (χ1) is 16.0. The number of carbonyl (C=O) groups is 1. The average molecular weight is 447 g/mol. The van der Waals surface area contributed by atoms with E-state index >= 15 is 0 Å². The molecule has 0 aliphatic carbocycles. The number of aromatic amines is 1. The minimum atomic E-state index is -0.390. The van der Waals surface area contributed by atoms with Gasteiger partial charge >= 0.3 is 0 Å². The van der Waals surface area contributed by atoms with E-state index in [2.05, 4.69) is 22.4 Å². The van der Waals surface area contributed by atoms with Gasteiger partial charge in [0.05, 0.1) is 36.6 Å². The smallest absolute Gasteiger partial charge is 0.239 e. The van der Waals surface area contributed by atoms with Crippen molar-refractivity contribution in [2.75, 3.05) is 20.7 Å². The number of amides is 1. The Kier molecular flexibility index (Phi) is 5.50. The van der Waals surface area contributed by atoms with Crippen LogP contribution in [0.3, 0.4) is 0 Å². The predicted molar refractivity (Wildman–Crippen MR) is 127 cm³/mol. The Bertz CT molecular complexity index is 1360. The van der Waals surface area contributed by atoms with Gasteiger partial charge in [-0.05, 0) is 49.7 Å². The Morgan fingerprint density at radius 3 is 2.88 bits per heavy atom. The van der Waals surface area contributed by atoms with E-state index in [-0.39, 0.29) is 17.7 Å². The first kappa shape index (κ1) is 21.4. The second-order valence-electron chi connectivity index (χ2n) is 8.57. The highest BCUT2D eigenvalue weighted by Crippen LogP contribution is 2.35. The van der Waals surface area contributed by atoms with E-state index in [1.807, 2.05) is 30.0 Å². The van der Waals surface area contributed by atoms with Crippen LogP contribution in [0.2, 0.25) is 0 Å². The minimum absolute atomic E-state index is 0.0720. The van der Waals surface area contributed by atoms with E-state index in [0.717, 1.165) is 45.2 Å². The van der Waals surface area contributed by atoms with E-state index in [1.165, 1.54) is 18.7 Å². The molecule has 0 radical (unpaired) electrons. The van der Waals surface area contributed by atoms with Gasteiger partial charge in [0.2, 0.25) is 5.91 Å². The number of likely N-dealkylation sites (N-methyl/N-ethyl adjacent to an activating group) is 1. The van der Waals surface area contributed by atoms with E-state index in [1.54, 1.807) is 13.1 Å². The first-order valence-electron chi connectivity index (χ1n) is 11.2. The Balaban J connectivity index is 1.63. The number of nitrogens with one attached hydrogen (secondary N) is 2. The molecule has 1 amide bonds. The Morgan fingerprint density at radius 1 is 1.30 bits per heavy atom. The van der Waals surface area contributed by atoms with Crippen LogP contribution < -0.4 is 10.1 Å². The van der Waals surface area contributed by atoms with Crippen molar-refractivity contribution in [2.45, 2.75) is 32.4 Å². The fraction of sp³-hybridized carbons (Fsp3) is 0.308. The van der Waals surface area contributed by atoms with Gasteiger partial charge < -0.3 is 19.9 Å². The number of benzene rings is 2. The summed E-state index contributed by atoms with van der Waals surface area (Å²) in [5.74, 6) is -0.0952. The molecule has 2 aromatic carbocycles. The molecule has 0 fully saturated rings. The molecule has 0 spiro atoms. The summed E-state index contributed by atoms with van der Waals surface area (Å²) in [6, 6.07) is 13.0. The Labute approximate surface area is 191 Å². The molecule has 170 valence electrons. The standard InChI is InChI=1S/C26H27FN4O2/c1-15(28-2)26(32)31-11-10-18-22(14-31)29-21(13-16-8-9-23(33-3)19(27)12-16)25-24(18)17-6-4-5-7-20(17)30-25/h4-9,12,15,28,30H,10-11,13-14H2,1-3H3/t15-/m0/s1. The fourth-order valence-electron chi connectivity index (χ4n) is 4.74. The molecule has 0 saturated carbocycles. The lowest BCUT2D eigenvalue weighted by atomic mass is 9.96. The summed E-state index contributed by atoms with van der Waals surface area (Å²) in [7, 11) is 3.25. The molecule has 1 aliphatic rings. The molecule has 4 aromatic rings. The largest absolute Gasteiger partial charge is 0.494 e. The number of pyridine rings is 1. The molecule has 0 unspecified atom stereocenters. The molecule has 3 heterocycles. The van der Waals surface area contributed by atoms with Crippen LogP contribution in [0.5, 0.6) is 5.75 Å². The molecule has 0 bridgehead atoms. The van der Waals surface area contributed by atoms with Crippen molar-refractivity contribution in [3.63, 3.8) is 0 Å². The number of carbonyl (C=O) groups excluding carboxylic acids is 1. The summed E-state index contributed by atoms with van der Waals surface area (Å²) < 4.78 is 19.4. The summed E-state index contributed by atoms with van der Waals surface area (Å²) in [4.78, 5) is 23.3. The number of nitrogens with zero attached hydrogens (tertiary/aromatic N) is 2. The molecule has 0 saturated heterocycles. The van der Waals surface area contributed by atoms with Gasteiger partial charge in [0.25, 0.3) is 0 Å². The van der Waals surface area contributed by atoms with Gasteiger partial charge in [-0.15, -0.1) is 0 Å². The quantitative estimate of drug-likeness (QED) is 0.487. The molecule has 2 N–H and O–H groups in total. The molecule has 5 rings (SSSR count). The van der Waals surface area contributed by atoms with Crippen LogP contribution in [-0.4, -0.2) is 47.5 Å². The van der Waals surface area contributed by atoms with Crippen LogP contribution in [0.15, 0.2) is 42.5 Å². The maximum atomic E-state index is 14.4. The average Bonchev–Trinajstić information content (AvgIpc) is 3.23. The second-order valence-corrected chi connectivity index (χ2v) is 8.57. The van der Waals surface area contributed by atoms with E-state index < -0.39 is 5.82 Å². The van der Waals surface area contributed by atoms with Crippen LogP contribution in [0.1, 0.15) is 29.4 Å². The third kappa shape index (κ3) is 3.72. The van der Waals surface area contributed by atoms with Gasteiger partial charge in [-0.3, -0.25) is 9.78 Å². The third-order valence-corrected chi connectivity index (χ3v) is 6.59. The van der Waals surface area contributed by atoms with Crippen LogP contribution in [0.4, 0.5) is 4.39 Å². The summed E-state index contributed by atoms with van der Waals surface area (Å²) in [5, 5.41) is 5.34. The number of fused-ring (bicyclic) bond motifs is 5. The van der Waals surface area contributed by atoms with E-state index in [9.17, 15) is 9.18 Å². The lowest BCUT2D eigenvalue weighted by molar-refractivity contribution is -0.133. The summed E-state index contributed by atoms with van der Waals surface area (Å²) in [5.41, 5.74) is 5.79. The molecule has 2 aromatic heterocycles. The highest BCUT2D eigenvalue weighted by Gasteiger charge is 2.28. The van der Waals surface area contributed by atoms with Crippen LogP contribution in [-0.2, 0) is 24.2 Å². The van der Waals surface area contributed by atoms with Crippen molar-refractivity contribution >= 4 is 27.7 Å². The maximum Gasteiger partial charge on any atom is 0.239 e. The van der Waals surface area contributed by atoms with Crippen LogP contribution in [0.25, 0.3) is 21.8 Å². The number of halogens is 1. The number of rotatable bonds is 5. The Morgan fingerprint density at radius 2 is 2.12 bits per heavy atom. The topological polar surface area (TPSA) is 70.2 Å². The Hall–Kier alpha value is -3.45. The summed E-state index contributed by atoms with van der Waals surface area (Å²) >= 11 is 0. The highest BCUT2D eigenvalue weighted by atomic mass is 19.1. The molecule has 6 nitrogen and oxygen atoms in total. The molecule has 1 aliphatic heterocycles. The van der Waals surface area contributed by atoms with Crippen molar-refractivity contribution in [3.8, 4) is 5.75 Å². The van der Waals surface area contributed by atoms with Crippen molar-refractivity contribution in [3.05, 3.63) is 70.8 Å². The third-order valence-electron chi connectivity index (χ3n) is 6.59. The molecule has 1 atom stereocenters. The zero-order valence-electron chi connectivity index (χ0n) is 19.0. The van der Waals surface area contributed by atoms with E-state index in [0.29, 0.717) is 19.5 Å². The fourth-order valence-corrected chi connectivity index (χ4v) is 4.74. The normalized spacial score (nSPS) is 14.5. The SMILES string of the molecule is CN[C@@H](C)C(=O)N1CCc2c(nc(Cc3ccc(OC)c(F)c3)c3[nH]c4ccccc4c23)C1. The number of ether oxygens (including phenoxy) is 1. The lowest BCUT2D eigenvalue weighted by Gasteiger charge is -2.31. The maximum absolute atomic E-state index is 14.4.